The zero-order valence-corrected chi connectivity index (χ0v) is 22.3. The molecule has 0 fully saturated rings. The van der Waals surface area contributed by atoms with Crippen LogP contribution in [0.2, 0.25) is 5.02 Å². The Morgan fingerprint density at radius 2 is 1.71 bits per heavy atom. The fraction of sp³-hybridized carbons (Fsp3) is 0.0667. The van der Waals surface area contributed by atoms with E-state index in [1.165, 1.54) is 37.4 Å². The Balaban J connectivity index is 1.23. The molecule has 0 saturated heterocycles. The minimum absolute atomic E-state index is 0.136. The standard InChI is InChI=1S/C30H22ClF2N5O3/c1-38(17-20-15-21(32)9-14-26(20)41-23-12-13-25(33)24(31)16-23)30(40)29(39)34-22-10-7-19(8-11-22)28-35-27(36-37-28)18-5-3-2-4-6-18/h2-16H,17H2,1H3,(H,34,39)(H,35,36,37). The smallest absolute Gasteiger partial charge is 0.313 e. The Hall–Kier alpha value is -5.09. The van der Waals surface area contributed by atoms with Crippen molar-refractivity contribution in [3.63, 3.8) is 0 Å². The van der Waals surface area contributed by atoms with Gasteiger partial charge in [0.25, 0.3) is 0 Å². The van der Waals surface area contributed by atoms with E-state index in [-0.39, 0.29) is 23.1 Å². The average molecular weight is 574 g/mol. The number of nitrogens with one attached hydrogen (secondary N) is 2. The third-order valence-electron chi connectivity index (χ3n) is 6.02. The molecule has 11 heteroatoms. The van der Waals surface area contributed by atoms with E-state index >= 15 is 0 Å². The average Bonchev–Trinajstić information content (AvgIpc) is 3.47. The van der Waals surface area contributed by atoms with Crippen LogP contribution in [0.3, 0.4) is 0 Å². The Morgan fingerprint density at radius 3 is 2.44 bits per heavy atom. The summed E-state index contributed by atoms with van der Waals surface area (Å²) < 4.78 is 33.3. The summed E-state index contributed by atoms with van der Waals surface area (Å²) in [7, 11) is 1.41. The van der Waals surface area contributed by atoms with Gasteiger partial charge in [0.2, 0.25) is 0 Å². The first-order valence-electron chi connectivity index (χ1n) is 12.3. The molecular formula is C30H22ClF2N5O3. The van der Waals surface area contributed by atoms with Crippen LogP contribution in [-0.2, 0) is 16.1 Å². The van der Waals surface area contributed by atoms with E-state index in [2.05, 4.69) is 20.5 Å². The van der Waals surface area contributed by atoms with Gasteiger partial charge in [-0.25, -0.2) is 13.8 Å². The summed E-state index contributed by atoms with van der Waals surface area (Å²) in [6, 6.07) is 23.8. The topological polar surface area (TPSA) is 100 Å². The van der Waals surface area contributed by atoms with Gasteiger partial charge in [-0.15, -0.1) is 0 Å². The Kier molecular flexibility index (Phi) is 8.02. The molecular weight excluding hydrogens is 552 g/mol. The van der Waals surface area contributed by atoms with E-state index in [0.717, 1.165) is 22.1 Å². The lowest BCUT2D eigenvalue weighted by atomic mass is 10.1. The van der Waals surface area contributed by atoms with Crippen LogP contribution in [-0.4, -0.2) is 38.9 Å². The van der Waals surface area contributed by atoms with Gasteiger partial charge >= 0.3 is 11.8 Å². The monoisotopic (exact) mass is 573 g/mol. The Morgan fingerprint density at radius 1 is 0.951 bits per heavy atom. The summed E-state index contributed by atoms with van der Waals surface area (Å²) in [5, 5.41) is 9.57. The van der Waals surface area contributed by atoms with Crippen LogP contribution in [0.5, 0.6) is 11.5 Å². The second-order valence-electron chi connectivity index (χ2n) is 9.00. The molecule has 0 unspecified atom stereocenters. The van der Waals surface area contributed by atoms with Crippen molar-refractivity contribution in [2.75, 3.05) is 12.4 Å². The van der Waals surface area contributed by atoms with Gasteiger partial charge in [0.15, 0.2) is 11.6 Å². The number of aromatic amines is 1. The molecule has 0 saturated carbocycles. The maximum absolute atomic E-state index is 14.0. The maximum atomic E-state index is 14.0. The first-order chi connectivity index (χ1) is 19.8. The number of anilines is 1. The predicted molar refractivity (Wildman–Crippen MR) is 150 cm³/mol. The zero-order chi connectivity index (χ0) is 28.9. The maximum Gasteiger partial charge on any atom is 0.313 e. The molecule has 0 atom stereocenters. The molecule has 41 heavy (non-hydrogen) atoms. The molecule has 5 rings (SSSR count). The molecule has 0 aliphatic carbocycles. The SMILES string of the molecule is CN(Cc1cc(F)ccc1Oc1ccc(F)c(Cl)c1)C(=O)C(=O)Nc1ccc(-c2nc(-c3ccccc3)n[nH]2)cc1. The van der Waals surface area contributed by atoms with Crippen LogP contribution in [0.25, 0.3) is 22.8 Å². The number of nitrogens with zero attached hydrogens (tertiary/aromatic N) is 3. The van der Waals surface area contributed by atoms with Gasteiger partial charge in [0.05, 0.1) is 5.02 Å². The van der Waals surface area contributed by atoms with Crippen LogP contribution in [0.4, 0.5) is 14.5 Å². The van der Waals surface area contributed by atoms with Crippen LogP contribution < -0.4 is 10.1 Å². The lowest BCUT2D eigenvalue weighted by Crippen LogP contribution is -2.36. The van der Waals surface area contributed by atoms with E-state index in [9.17, 15) is 18.4 Å². The first-order valence-corrected chi connectivity index (χ1v) is 12.7. The normalized spacial score (nSPS) is 10.7. The van der Waals surface area contributed by atoms with Gasteiger partial charge in [-0.1, -0.05) is 41.9 Å². The third-order valence-corrected chi connectivity index (χ3v) is 6.31. The molecule has 0 bridgehead atoms. The molecule has 0 aliphatic rings. The molecule has 8 nitrogen and oxygen atoms in total. The number of halogens is 3. The fourth-order valence-electron chi connectivity index (χ4n) is 3.94. The van der Waals surface area contributed by atoms with E-state index in [1.54, 1.807) is 24.3 Å². The number of ether oxygens (including phenoxy) is 1. The molecule has 0 radical (unpaired) electrons. The summed E-state index contributed by atoms with van der Waals surface area (Å²) >= 11 is 5.82. The van der Waals surface area contributed by atoms with Gasteiger partial charge < -0.3 is 15.0 Å². The van der Waals surface area contributed by atoms with Crippen molar-refractivity contribution in [1.82, 2.24) is 20.1 Å². The zero-order valence-electron chi connectivity index (χ0n) is 21.6. The van der Waals surface area contributed by atoms with Crippen molar-refractivity contribution >= 4 is 29.1 Å². The van der Waals surface area contributed by atoms with Gasteiger partial charge in [-0.3, -0.25) is 14.7 Å². The van der Waals surface area contributed by atoms with E-state index in [1.807, 2.05) is 30.3 Å². The number of rotatable bonds is 7. The summed E-state index contributed by atoms with van der Waals surface area (Å²) in [6.45, 7) is -0.136. The number of hydrogen-bond acceptors (Lipinski definition) is 5. The van der Waals surface area contributed by atoms with Crippen molar-refractivity contribution in [3.05, 3.63) is 113 Å². The van der Waals surface area contributed by atoms with E-state index in [0.29, 0.717) is 22.9 Å². The van der Waals surface area contributed by atoms with Gasteiger partial charge in [-0.2, -0.15) is 5.10 Å². The summed E-state index contributed by atoms with van der Waals surface area (Å²) in [5.41, 5.74) is 2.30. The number of carbonyl (C=O) groups is 2. The second-order valence-corrected chi connectivity index (χ2v) is 9.40. The van der Waals surface area contributed by atoms with Crippen molar-refractivity contribution in [3.8, 4) is 34.3 Å². The largest absolute Gasteiger partial charge is 0.457 e. The summed E-state index contributed by atoms with van der Waals surface area (Å²) in [4.78, 5) is 31.1. The molecule has 1 heterocycles. The number of carbonyl (C=O) groups excluding carboxylic acids is 2. The molecule has 0 spiro atoms. The predicted octanol–water partition coefficient (Wildman–Crippen LogP) is 6.46. The van der Waals surface area contributed by atoms with Crippen LogP contribution in [0, 0.1) is 11.6 Å². The van der Waals surface area contributed by atoms with Gasteiger partial charge in [-0.05, 0) is 54.6 Å². The van der Waals surface area contributed by atoms with Crippen molar-refractivity contribution in [2.45, 2.75) is 6.54 Å². The number of likely N-dealkylation sites (N-methyl/N-ethyl adjacent to an activating group) is 1. The lowest BCUT2D eigenvalue weighted by molar-refractivity contribution is -0.142. The summed E-state index contributed by atoms with van der Waals surface area (Å²) in [5.74, 6) is -1.36. The molecule has 0 aliphatic heterocycles. The van der Waals surface area contributed by atoms with Crippen molar-refractivity contribution < 1.29 is 23.1 Å². The lowest BCUT2D eigenvalue weighted by Gasteiger charge is -2.19. The quantitative estimate of drug-likeness (QED) is 0.218. The minimum atomic E-state index is -0.879. The molecule has 5 aromatic rings. The number of amides is 2. The molecule has 1 aromatic heterocycles. The first kappa shape index (κ1) is 27.5. The number of aromatic nitrogens is 3. The van der Waals surface area contributed by atoms with Crippen LogP contribution >= 0.6 is 11.6 Å². The Bertz CT molecular complexity index is 1710. The highest BCUT2D eigenvalue weighted by Gasteiger charge is 2.21. The third kappa shape index (κ3) is 6.56. The highest BCUT2D eigenvalue weighted by molar-refractivity contribution is 6.39. The van der Waals surface area contributed by atoms with E-state index < -0.39 is 23.4 Å². The Labute approximate surface area is 238 Å². The van der Waals surface area contributed by atoms with Crippen LogP contribution in [0.15, 0.2) is 91.0 Å². The van der Waals surface area contributed by atoms with Crippen molar-refractivity contribution in [2.24, 2.45) is 0 Å². The molecule has 2 amide bonds. The second kappa shape index (κ2) is 12.0. The highest BCUT2D eigenvalue weighted by Crippen LogP contribution is 2.30. The summed E-state index contributed by atoms with van der Waals surface area (Å²) in [6.07, 6.45) is 0. The number of hydrogen-bond donors (Lipinski definition) is 2. The van der Waals surface area contributed by atoms with Crippen LogP contribution in [0.1, 0.15) is 5.56 Å². The number of benzene rings is 4. The molecule has 4 aromatic carbocycles. The number of H-pyrrole nitrogens is 1. The van der Waals surface area contributed by atoms with Gasteiger partial charge in [0, 0.05) is 42.0 Å². The highest BCUT2D eigenvalue weighted by atomic mass is 35.5. The van der Waals surface area contributed by atoms with Gasteiger partial charge in [0.1, 0.15) is 23.1 Å². The van der Waals surface area contributed by atoms with Crippen molar-refractivity contribution in [1.29, 1.82) is 0 Å². The van der Waals surface area contributed by atoms with E-state index in [4.69, 9.17) is 16.3 Å². The minimum Gasteiger partial charge on any atom is -0.457 e. The molecule has 2 N–H and O–H groups in total. The molecule has 206 valence electrons. The fourth-order valence-corrected chi connectivity index (χ4v) is 4.11.